The lowest BCUT2D eigenvalue weighted by Gasteiger charge is -2.28. The Kier molecular flexibility index (Phi) is 5.44. The second kappa shape index (κ2) is 6.39. The van der Waals surface area contributed by atoms with E-state index in [0.29, 0.717) is 5.41 Å². The molecule has 1 saturated carbocycles. The number of nitrogens with one attached hydrogen (secondary N) is 1. The van der Waals surface area contributed by atoms with Crippen molar-refractivity contribution >= 4 is 5.91 Å². The Labute approximate surface area is 106 Å². The van der Waals surface area contributed by atoms with Crippen molar-refractivity contribution in [1.82, 2.24) is 10.2 Å². The summed E-state index contributed by atoms with van der Waals surface area (Å²) in [6.45, 7) is 11.0. The maximum absolute atomic E-state index is 12.1. The van der Waals surface area contributed by atoms with Crippen LogP contribution in [0.4, 0.5) is 0 Å². The van der Waals surface area contributed by atoms with Gasteiger partial charge in [-0.2, -0.15) is 0 Å². The van der Waals surface area contributed by atoms with Crippen LogP contribution in [0.5, 0.6) is 0 Å². The van der Waals surface area contributed by atoms with E-state index >= 15 is 0 Å². The highest BCUT2D eigenvalue weighted by Gasteiger charge is 2.29. The van der Waals surface area contributed by atoms with E-state index in [4.69, 9.17) is 0 Å². The fourth-order valence-electron chi connectivity index (χ4n) is 2.70. The van der Waals surface area contributed by atoms with E-state index < -0.39 is 0 Å². The maximum Gasteiger partial charge on any atom is 0.239 e. The Morgan fingerprint density at radius 3 is 2.29 bits per heavy atom. The van der Waals surface area contributed by atoms with Crippen LogP contribution in [0.2, 0.25) is 0 Å². The van der Waals surface area contributed by atoms with E-state index in [9.17, 15) is 4.79 Å². The van der Waals surface area contributed by atoms with Crippen LogP contribution in [0, 0.1) is 5.41 Å². The number of carbonyl (C=O) groups excluding carboxylic acids is 1. The quantitative estimate of drug-likeness (QED) is 0.773. The molecule has 1 atom stereocenters. The largest absolute Gasteiger partial charge is 0.342 e. The van der Waals surface area contributed by atoms with Gasteiger partial charge in [0.1, 0.15) is 0 Å². The van der Waals surface area contributed by atoms with Gasteiger partial charge in [0.15, 0.2) is 0 Å². The molecule has 1 aliphatic rings. The molecule has 0 aromatic rings. The van der Waals surface area contributed by atoms with Crippen LogP contribution in [-0.4, -0.2) is 36.5 Å². The molecule has 3 nitrogen and oxygen atoms in total. The van der Waals surface area contributed by atoms with Gasteiger partial charge in [-0.25, -0.2) is 0 Å². The second-order valence-electron chi connectivity index (χ2n) is 5.63. The van der Waals surface area contributed by atoms with Crippen LogP contribution < -0.4 is 5.32 Å². The van der Waals surface area contributed by atoms with Crippen LogP contribution in [-0.2, 0) is 4.79 Å². The third kappa shape index (κ3) is 3.98. The monoisotopic (exact) mass is 240 g/mol. The minimum absolute atomic E-state index is 0.0488. The first-order valence-electron chi connectivity index (χ1n) is 7.04. The molecular weight excluding hydrogens is 212 g/mol. The molecule has 0 spiro atoms. The zero-order valence-electron chi connectivity index (χ0n) is 11.9. The number of likely N-dealkylation sites (N-methyl/N-ethyl adjacent to an activating group) is 1. The first kappa shape index (κ1) is 14.5. The van der Waals surface area contributed by atoms with Gasteiger partial charge in [-0.3, -0.25) is 4.79 Å². The molecule has 0 aromatic heterocycles. The average molecular weight is 240 g/mol. The Balaban J connectivity index is 2.38. The predicted molar refractivity (Wildman–Crippen MR) is 72.0 cm³/mol. The van der Waals surface area contributed by atoms with Gasteiger partial charge in [0.25, 0.3) is 0 Å². The van der Waals surface area contributed by atoms with Crippen molar-refractivity contribution in [2.75, 3.05) is 19.6 Å². The van der Waals surface area contributed by atoms with Crippen molar-refractivity contribution in [3.05, 3.63) is 0 Å². The molecule has 100 valence electrons. The lowest BCUT2D eigenvalue weighted by Crippen LogP contribution is -2.47. The van der Waals surface area contributed by atoms with Crippen molar-refractivity contribution in [2.24, 2.45) is 5.41 Å². The zero-order valence-corrected chi connectivity index (χ0v) is 11.9. The second-order valence-corrected chi connectivity index (χ2v) is 5.63. The Morgan fingerprint density at radius 2 is 1.82 bits per heavy atom. The van der Waals surface area contributed by atoms with E-state index in [-0.39, 0.29) is 11.9 Å². The molecule has 0 heterocycles. The van der Waals surface area contributed by atoms with Gasteiger partial charge >= 0.3 is 0 Å². The number of hydrogen-bond acceptors (Lipinski definition) is 2. The van der Waals surface area contributed by atoms with Crippen LogP contribution in [0.15, 0.2) is 0 Å². The zero-order chi connectivity index (χ0) is 12.9. The van der Waals surface area contributed by atoms with Gasteiger partial charge in [0.2, 0.25) is 5.91 Å². The Bertz CT molecular complexity index is 243. The van der Waals surface area contributed by atoms with E-state index in [2.05, 4.69) is 12.2 Å². The maximum atomic E-state index is 12.1. The topological polar surface area (TPSA) is 32.3 Å². The summed E-state index contributed by atoms with van der Waals surface area (Å²) in [5, 5.41) is 3.42. The molecule has 1 N–H and O–H groups in total. The lowest BCUT2D eigenvalue weighted by atomic mass is 9.88. The number of carbonyl (C=O) groups is 1. The first-order valence-corrected chi connectivity index (χ1v) is 7.04. The molecule has 1 fully saturated rings. The Hall–Kier alpha value is -0.570. The molecule has 0 aromatic carbocycles. The summed E-state index contributed by atoms with van der Waals surface area (Å²) in [6.07, 6.45) is 5.28. The number of nitrogens with zero attached hydrogens (tertiary/aromatic N) is 1. The van der Waals surface area contributed by atoms with Crippen LogP contribution in [0.3, 0.4) is 0 Å². The highest BCUT2D eigenvalue weighted by molar-refractivity contribution is 5.81. The first-order chi connectivity index (χ1) is 8.02. The number of rotatable bonds is 6. The van der Waals surface area contributed by atoms with Crippen LogP contribution in [0.1, 0.15) is 53.4 Å². The van der Waals surface area contributed by atoms with Gasteiger partial charge in [-0.05, 0) is 39.0 Å². The van der Waals surface area contributed by atoms with Gasteiger partial charge in [-0.15, -0.1) is 0 Å². The summed E-state index contributed by atoms with van der Waals surface area (Å²) >= 11 is 0. The van der Waals surface area contributed by atoms with Crippen molar-refractivity contribution in [3.63, 3.8) is 0 Å². The van der Waals surface area contributed by atoms with Crippen molar-refractivity contribution < 1.29 is 4.79 Å². The van der Waals surface area contributed by atoms with Crippen LogP contribution in [0.25, 0.3) is 0 Å². The van der Waals surface area contributed by atoms with Crippen molar-refractivity contribution in [3.8, 4) is 0 Å². The summed E-state index contributed by atoms with van der Waals surface area (Å²) in [7, 11) is 0. The van der Waals surface area contributed by atoms with Gasteiger partial charge < -0.3 is 10.2 Å². The normalized spacial score (nSPS) is 20.2. The summed E-state index contributed by atoms with van der Waals surface area (Å²) in [6, 6.07) is -0.0488. The van der Waals surface area contributed by atoms with E-state index in [0.717, 1.165) is 19.6 Å². The third-order valence-electron chi connectivity index (χ3n) is 4.09. The molecule has 0 saturated heterocycles. The average Bonchev–Trinajstić information content (AvgIpc) is 2.75. The molecule has 0 radical (unpaired) electrons. The van der Waals surface area contributed by atoms with Crippen molar-refractivity contribution in [1.29, 1.82) is 0 Å². The summed E-state index contributed by atoms with van der Waals surface area (Å²) in [5.74, 6) is 0.233. The fourth-order valence-corrected chi connectivity index (χ4v) is 2.70. The van der Waals surface area contributed by atoms with Crippen molar-refractivity contribution in [2.45, 2.75) is 59.4 Å². The van der Waals surface area contributed by atoms with Gasteiger partial charge in [-0.1, -0.05) is 19.8 Å². The fraction of sp³-hybridized carbons (Fsp3) is 0.929. The molecule has 1 amide bonds. The predicted octanol–water partition coefficient (Wildman–Crippen LogP) is 2.41. The highest BCUT2D eigenvalue weighted by Crippen LogP contribution is 2.36. The lowest BCUT2D eigenvalue weighted by molar-refractivity contribution is -0.132. The molecule has 0 bridgehead atoms. The minimum Gasteiger partial charge on any atom is -0.342 e. The van der Waals surface area contributed by atoms with Gasteiger partial charge in [0.05, 0.1) is 6.04 Å². The van der Waals surface area contributed by atoms with Crippen LogP contribution >= 0.6 is 0 Å². The SMILES string of the molecule is CCN(CC)C(=O)C(C)NCC1(C)CCCC1. The standard InChI is InChI=1S/C14H28N2O/c1-5-16(6-2)13(17)12(3)15-11-14(4)9-7-8-10-14/h12,15H,5-11H2,1-4H3. The number of hydrogen-bond donors (Lipinski definition) is 1. The molecule has 1 aliphatic carbocycles. The summed E-state index contributed by atoms with van der Waals surface area (Å²) < 4.78 is 0. The van der Waals surface area contributed by atoms with E-state index in [1.807, 2.05) is 25.7 Å². The smallest absolute Gasteiger partial charge is 0.239 e. The molecule has 1 rings (SSSR count). The van der Waals surface area contributed by atoms with E-state index in [1.165, 1.54) is 25.7 Å². The summed E-state index contributed by atoms with van der Waals surface area (Å²) in [5.41, 5.74) is 0.414. The van der Waals surface area contributed by atoms with Gasteiger partial charge in [0, 0.05) is 19.6 Å². The van der Waals surface area contributed by atoms with E-state index in [1.54, 1.807) is 0 Å². The molecular formula is C14H28N2O. The Morgan fingerprint density at radius 1 is 1.29 bits per heavy atom. The highest BCUT2D eigenvalue weighted by atomic mass is 16.2. The molecule has 3 heteroatoms. The minimum atomic E-state index is -0.0488. The molecule has 1 unspecified atom stereocenters. The molecule has 17 heavy (non-hydrogen) atoms. The number of amides is 1. The summed E-state index contributed by atoms with van der Waals surface area (Å²) in [4.78, 5) is 14.0. The third-order valence-corrected chi connectivity index (χ3v) is 4.09. The molecule has 0 aliphatic heterocycles.